The summed E-state index contributed by atoms with van der Waals surface area (Å²) in [7, 11) is 1.56. The number of carboxylic acid groups (broad SMARTS) is 1. The molecule has 1 aliphatic heterocycles. The zero-order valence-corrected chi connectivity index (χ0v) is 14.5. The first kappa shape index (κ1) is 17.8. The fourth-order valence-corrected chi connectivity index (χ4v) is 3.03. The number of aliphatic carboxylic acids is 1. The number of carboxylic acids is 1. The molecule has 1 fully saturated rings. The molecule has 7 heteroatoms. The Morgan fingerprint density at radius 3 is 2.69 bits per heavy atom. The zero-order chi connectivity index (χ0) is 18.5. The summed E-state index contributed by atoms with van der Waals surface area (Å²) in [5.74, 6) is 0.388. The van der Waals surface area contributed by atoms with E-state index in [0.717, 1.165) is 12.8 Å². The summed E-state index contributed by atoms with van der Waals surface area (Å²) in [5.41, 5.74) is 0. The van der Waals surface area contributed by atoms with E-state index < -0.39 is 17.9 Å². The molecule has 2 heterocycles. The lowest BCUT2D eigenvalue weighted by atomic mass is 10.0. The van der Waals surface area contributed by atoms with E-state index in [-0.39, 0.29) is 12.4 Å². The Kier molecular flexibility index (Phi) is 5.46. The standard InChI is InChI=1S/C19H21NO6/c1-24-15-7-2-3-8-16(15)25-12-13-9-10-17(26-13)18(21)20-11-5-4-6-14(20)19(22)23/h2-3,7-10,14H,4-6,11-12H2,1H3,(H,22,23). The molecule has 26 heavy (non-hydrogen) atoms. The Labute approximate surface area is 151 Å². The summed E-state index contributed by atoms with van der Waals surface area (Å²) in [6, 6.07) is 9.65. The normalized spacial score (nSPS) is 17.0. The Morgan fingerprint density at radius 2 is 1.96 bits per heavy atom. The molecule has 1 N–H and O–H groups in total. The number of hydrogen-bond donors (Lipinski definition) is 1. The van der Waals surface area contributed by atoms with Gasteiger partial charge in [-0.2, -0.15) is 0 Å². The van der Waals surface area contributed by atoms with Crippen molar-refractivity contribution in [3.05, 3.63) is 47.9 Å². The van der Waals surface area contributed by atoms with E-state index >= 15 is 0 Å². The van der Waals surface area contributed by atoms with Crippen LogP contribution in [0.5, 0.6) is 11.5 Å². The van der Waals surface area contributed by atoms with Crippen molar-refractivity contribution in [3.8, 4) is 11.5 Å². The van der Waals surface area contributed by atoms with Gasteiger partial charge in [0.2, 0.25) is 0 Å². The van der Waals surface area contributed by atoms with Crippen molar-refractivity contribution in [2.24, 2.45) is 0 Å². The van der Waals surface area contributed by atoms with E-state index in [1.807, 2.05) is 12.1 Å². The molecule has 1 atom stereocenters. The number of furan rings is 1. The minimum atomic E-state index is -0.982. The highest BCUT2D eigenvalue weighted by molar-refractivity contribution is 5.94. The molecule has 7 nitrogen and oxygen atoms in total. The summed E-state index contributed by atoms with van der Waals surface area (Å²) >= 11 is 0. The quantitative estimate of drug-likeness (QED) is 0.853. The molecule has 1 aliphatic rings. The Hall–Kier alpha value is -2.96. The summed E-state index contributed by atoms with van der Waals surface area (Å²) in [4.78, 5) is 25.4. The molecule has 1 aromatic heterocycles. The summed E-state index contributed by atoms with van der Waals surface area (Å²) in [6.45, 7) is 0.555. The predicted molar refractivity (Wildman–Crippen MR) is 92.3 cm³/mol. The average molecular weight is 359 g/mol. The first-order chi connectivity index (χ1) is 12.6. The van der Waals surface area contributed by atoms with Gasteiger partial charge in [0, 0.05) is 6.54 Å². The molecular weight excluding hydrogens is 338 g/mol. The number of amides is 1. The minimum absolute atomic E-state index is 0.122. The van der Waals surface area contributed by atoms with Crippen LogP contribution in [0.15, 0.2) is 40.8 Å². The molecule has 1 saturated heterocycles. The third-order valence-electron chi connectivity index (χ3n) is 4.36. The predicted octanol–water partition coefficient (Wildman–Crippen LogP) is 2.95. The van der Waals surface area contributed by atoms with Gasteiger partial charge >= 0.3 is 5.97 Å². The van der Waals surface area contributed by atoms with Crippen molar-refractivity contribution in [2.45, 2.75) is 31.9 Å². The first-order valence-corrected chi connectivity index (χ1v) is 8.48. The second-order valence-electron chi connectivity index (χ2n) is 6.05. The molecule has 1 amide bonds. The molecule has 0 spiro atoms. The number of rotatable bonds is 6. The number of benzene rings is 1. The van der Waals surface area contributed by atoms with E-state index in [0.29, 0.717) is 30.2 Å². The lowest BCUT2D eigenvalue weighted by Gasteiger charge is -2.32. The maximum Gasteiger partial charge on any atom is 0.326 e. The van der Waals surface area contributed by atoms with Gasteiger partial charge in [0.05, 0.1) is 7.11 Å². The molecule has 0 saturated carbocycles. The number of likely N-dealkylation sites (tertiary alicyclic amines) is 1. The number of piperidine rings is 1. The van der Waals surface area contributed by atoms with Crippen LogP contribution in [0, 0.1) is 0 Å². The van der Waals surface area contributed by atoms with E-state index in [2.05, 4.69) is 0 Å². The summed E-state index contributed by atoms with van der Waals surface area (Å²) < 4.78 is 16.5. The third-order valence-corrected chi connectivity index (χ3v) is 4.36. The van der Waals surface area contributed by atoms with Crippen molar-refractivity contribution in [3.63, 3.8) is 0 Å². The topological polar surface area (TPSA) is 89.2 Å². The molecule has 1 aromatic carbocycles. The monoisotopic (exact) mass is 359 g/mol. The van der Waals surface area contributed by atoms with Gasteiger partial charge in [-0.1, -0.05) is 12.1 Å². The van der Waals surface area contributed by atoms with Crippen LogP contribution >= 0.6 is 0 Å². The van der Waals surface area contributed by atoms with Gasteiger partial charge in [-0.15, -0.1) is 0 Å². The van der Waals surface area contributed by atoms with Crippen molar-refractivity contribution in [1.82, 2.24) is 4.90 Å². The second kappa shape index (κ2) is 7.95. The van der Waals surface area contributed by atoms with Gasteiger partial charge in [-0.25, -0.2) is 4.79 Å². The number of nitrogens with zero attached hydrogens (tertiary/aromatic N) is 1. The van der Waals surface area contributed by atoms with Gasteiger partial charge in [-0.05, 0) is 43.5 Å². The van der Waals surface area contributed by atoms with Gasteiger partial charge in [-0.3, -0.25) is 4.79 Å². The van der Waals surface area contributed by atoms with Crippen LogP contribution < -0.4 is 9.47 Å². The van der Waals surface area contributed by atoms with Crippen LogP contribution in [0.2, 0.25) is 0 Å². The van der Waals surface area contributed by atoms with Crippen LogP contribution in [-0.4, -0.2) is 41.6 Å². The van der Waals surface area contributed by atoms with Gasteiger partial charge in [0.1, 0.15) is 18.4 Å². The van der Waals surface area contributed by atoms with Crippen LogP contribution in [0.1, 0.15) is 35.6 Å². The molecule has 0 radical (unpaired) electrons. The largest absolute Gasteiger partial charge is 0.493 e. The number of methoxy groups -OCH3 is 1. The zero-order valence-electron chi connectivity index (χ0n) is 14.5. The Morgan fingerprint density at radius 1 is 1.19 bits per heavy atom. The number of ether oxygens (including phenoxy) is 2. The highest BCUT2D eigenvalue weighted by Gasteiger charge is 2.33. The SMILES string of the molecule is COc1ccccc1OCc1ccc(C(=O)N2CCCCC2C(=O)O)o1. The average Bonchev–Trinajstić information content (AvgIpc) is 3.15. The number of para-hydroxylation sites is 2. The second-order valence-corrected chi connectivity index (χ2v) is 6.05. The third kappa shape index (κ3) is 3.82. The van der Waals surface area contributed by atoms with Crippen LogP contribution in [0.25, 0.3) is 0 Å². The molecular formula is C19H21NO6. The molecule has 0 aliphatic carbocycles. The Bertz CT molecular complexity index is 784. The van der Waals surface area contributed by atoms with Crippen LogP contribution in [0.3, 0.4) is 0 Å². The lowest BCUT2D eigenvalue weighted by molar-refractivity contribution is -0.143. The first-order valence-electron chi connectivity index (χ1n) is 8.48. The summed E-state index contributed by atoms with van der Waals surface area (Å²) in [6.07, 6.45) is 2.06. The summed E-state index contributed by atoms with van der Waals surface area (Å²) in [5, 5.41) is 9.31. The number of hydrogen-bond acceptors (Lipinski definition) is 5. The fraction of sp³-hybridized carbons (Fsp3) is 0.368. The number of carbonyl (C=O) groups is 2. The van der Waals surface area contributed by atoms with Crippen molar-refractivity contribution in [2.75, 3.05) is 13.7 Å². The fourth-order valence-electron chi connectivity index (χ4n) is 3.03. The van der Waals surface area contributed by atoms with Gasteiger partial charge in [0.15, 0.2) is 17.3 Å². The van der Waals surface area contributed by atoms with Crippen molar-refractivity contribution in [1.29, 1.82) is 0 Å². The molecule has 3 rings (SSSR count). The molecule has 2 aromatic rings. The highest BCUT2D eigenvalue weighted by atomic mass is 16.5. The smallest absolute Gasteiger partial charge is 0.326 e. The van der Waals surface area contributed by atoms with Crippen molar-refractivity contribution >= 4 is 11.9 Å². The van der Waals surface area contributed by atoms with E-state index in [1.54, 1.807) is 31.4 Å². The van der Waals surface area contributed by atoms with Crippen molar-refractivity contribution < 1.29 is 28.6 Å². The maximum absolute atomic E-state index is 12.6. The van der Waals surface area contributed by atoms with Crippen LogP contribution in [0.4, 0.5) is 0 Å². The molecule has 1 unspecified atom stereocenters. The Balaban J connectivity index is 1.67. The maximum atomic E-state index is 12.6. The van der Waals surface area contributed by atoms with Crippen LogP contribution in [-0.2, 0) is 11.4 Å². The molecule has 0 bridgehead atoms. The highest BCUT2D eigenvalue weighted by Crippen LogP contribution is 2.27. The minimum Gasteiger partial charge on any atom is -0.493 e. The number of carbonyl (C=O) groups excluding carboxylic acids is 1. The van der Waals surface area contributed by atoms with Gasteiger partial charge in [0.25, 0.3) is 5.91 Å². The van der Waals surface area contributed by atoms with E-state index in [4.69, 9.17) is 13.9 Å². The molecule has 138 valence electrons. The van der Waals surface area contributed by atoms with E-state index in [9.17, 15) is 14.7 Å². The lowest BCUT2D eigenvalue weighted by Crippen LogP contribution is -2.47. The van der Waals surface area contributed by atoms with E-state index in [1.165, 1.54) is 4.90 Å². The van der Waals surface area contributed by atoms with Gasteiger partial charge < -0.3 is 23.9 Å².